The Morgan fingerprint density at radius 1 is 1.31 bits per heavy atom. The summed E-state index contributed by atoms with van der Waals surface area (Å²) in [4.78, 5) is 14.1. The molecule has 0 spiro atoms. The molecule has 1 saturated heterocycles. The number of carbonyl (C=O) groups excluding carboxylic acids is 1. The lowest BCUT2D eigenvalue weighted by atomic mass is 9.91. The number of alkyl halides is 3. The lowest BCUT2D eigenvalue weighted by molar-refractivity contribution is -0.137. The van der Waals surface area contributed by atoms with E-state index in [2.05, 4.69) is 10.5 Å². The first-order valence-corrected chi connectivity index (χ1v) is 9.11. The molecule has 1 aliphatic rings. The number of piperidine rings is 1. The molecule has 29 heavy (non-hydrogen) atoms. The van der Waals surface area contributed by atoms with Crippen molar-refractivity contribution in [2.24, 2.45) is 5.92 Å². The van der Waals surface area contributed by atoms with Gasteiger partial charge in [-0.1, -0.05) is 23.7 Å². The quantitative estimate of drug-likeness (QED) is 0.673. The number of carbonyl (C=O) groups is 1. The van der Waals surface area contributed by atoms with E-state index in [1.165, 1.54) is 0 Å². The minimum atomic E-state index is -4.61. The molecule has 2 heterocycles. The van der Waals surface area contributed by atoms with Gasteiger partial charge in [0.2, 0.25) is 5.88 Å². The maximum Gasteiger partial charge on any atom is 0.416 e. The second-order valence-corrected chi connectivity index (χ2v) is 7.24. The highest BCUT2D eigenvalue weighted by atomic mass is 19.4. The number of hydrogen-bond acceptors (Lipinski definition) is 3. The molecule has 1 N–H and O–H groups in total. The molecule has 5 nitrogen and oxygen atoms in total. The van der Waals surface area contributed by atoms with Crippen molar-refractivity contribution in [2.45, 2.75) is 33.4 Å². The number of likely N-dealkylation sites (tertiary alicyclic amines) is 1. The van der Waals surface area contributed by atoms with E-state index in [0.717, 1.165) is 23.3 Å². The fourth-order valence-corrected chi connectivity index (χ4v) is 3.23. The molecular formula is C20H21F4N3O2. The third-order valence-corrected chi connectivity index (χ3v) is 5.06. The van der Waals surface area contributed by atoms with Crippen molar-refractivity contribution in [3.05, 3.63) is 52.0 Å². The summed E-state index contributed by atoms with van der Waals surface area (Å²) < 4.78 is 57.4. The van der Waals surface area contributed by atoms with Gasteiger partial charge in [-0.3, -0.25) is 5.32 Å². The molecule has 2 amide bonds. The molecule has 2 aromatic rings. The van der Waals surface area contributed by atoms with Crippen LogP contribution < -0.4 is 5.32 Å². The van der Waals surface area contributed by atoms with E-state index in [1.54, 1.807) is 24.8 Å². The first-order chi connectivity index (χ1) is 13.5. The largest absolute Gasteiger partial charge is 0.416 e. The predicted octanol–water partition coefficient (Wildman–Crippen LogP) is 5.41. The normalized spacial score (nSPS) is 18.9. The molecule has 0 saturated carbocycles. The van der Waals surface area contributed by atoms with Gasteiger partial charge in [0.15, 0.2) is 0 Å². The molecule has 9 heteroatoms. The van der Waals surface area contributed by atoms with Gasteiger partial charge in [-0.15, -0.1) is 0 Å². The van der Waals surface area contributed by atoms with Gasteiger partial charge in [-0.25, -0.2) is 9.18 Å². The Labute approximate surface area is 165 Å². The number of nitrogens with zero attached hydrogens (tertiary/aromatic N) is 2. The Balaban J connectivity index is 1.71. The predicted molar refractivity (Wildman–Crippen MR) is 99.7 cm³/mol. The van der Waals surface area contributed by atoms with Gasteiger partial charge in [0.1, 0.15) is 5.82 Å². The van der Waals surface area contributed by atoms with Crippen LogP contribution in [0.4, 0.5) is 28.2 Å². The van der Waals surface area contributed by atoms with Crippen LogP contribution in [0.1, 0.15) is 35.7 Å². The van der Waals surface area contributed by atoms with Gasteiger partial charge >= 0.3 is 12.2 Å². The minimum absolute atomic E-state index is 0.0929. The SMILES string of the molecule is Cc1noc(NC(=O)N2CC/C(=C\c3cc(F)cc(C(F)(F)F)c3)C(C)C2)c1C. The average Bonchev–Trinajstić information content (AvgIpc) is 2.94. The van der Waals surface area contributed by atoms with Gasteiger partial charge in [-0.05, 0) is 49.9 Å². The first-order valence-electron chi connectivity index (χ1n) is 9.11. The van der Waals surface area contributed by atoms with E-state index in [1.807, 2.05) is 6.92 Å². The van der Waals surface area contributed by atoms with Crippen LogP contribution in [-0.2, 0) is 6.18 Å². The topological polar surface area (TPSA) is 58.4 Å². The van der Waals surface area contributed by atoms with Gasteiger partial charge in [0, 0.05) is 18.7 Å². The fourth-order valence-electron chi connectivity index (χ4n) is 3.23. The summed E-state index contributed by atoms with van der Waals surface area (Å²) in [5.41, 5.74) is 1.43. The number of aryl methyl sites for hydroxylation is 1. The zero-order valence-electron chi connectivity index (χ0n) is 16.2. The van der Waals surface area contributed by atoms with Crippen LogP contribution in [0.25, 0.3) is 6.08 Å². The molecule has 1 aliphatic heterocycles. The number of hydrogen-bond donors (Lipinski definition) is 1. The maximum absolute atomic E-state index is 13.6. The van der Waals surface area contributed by atoms with Gasteiger partial charge in [0.05, 0.1) is 11.3 Å². The van der Waals surface area contributed by atoms with Crippen LogP contribution in [0.15, 0.2) is 28.3 Å². The van der Waals surface area contributed by atoms with Crippen molar-refractivity contribution in [1.82, 2.24) is 10.1 Å². The zero-order valence-corrected chi connectivity index (χ0v) is 16.2. The third kappa shape index (κ3) is 4.78. The second kappa shape index (κ2) is 7.88. The van der Waals surface area contributed by atoms with Crippen LogP contribution in [0.5, 0.6) is 0 Å². The molecule has 156 valence electrons. The highest BCUT2D eigenvalue weighted by molar-refractivity contribution is 5.88. The molecule has 0 aliphatic carbocycles. The van der Waals surface area contributed by atoms with E-state index >= 15 is 0 Å². The van der Waals surface area contributed by atoms with Gasteiger partial charge in [0.25, 0.3) is 0 Å². The Morgan fingerprint density at radius 3 is 2.62 bits per heavy atom. The van der Waals surface area contributed by atoms with Crippen LogP contribution >= 0.6 is 0 Å². The summed E-state index contributed by atoms with van der Waals surface area (Å²) in [6.07, 6.45) is -2.57. The number of benzene rings is 1. The van der Waals surface area contributed by atoms with Gasteiger partial charge in [-0.2, -0.15) is 13.2 Å². The zero-order chi connectivity index (χ0) is 21.3. The summed E-state index contributed by atoms with van der Waals surface area (Å²) in [6, 6.07) is 2.14. The van der Waals surface area contributed by atoms with Crippen molar-refractivity contribution in [3.63, 3.8) is 0 Å². The molecule has 3 rings (SSSR count). The number of nitrogens with one attached hydrogen (secondary N) is 1. The van der Waals surface area contributed by atoms with Crippen molar-refractivity contribution in [3.8, 4) is 0 Å². The van der Waals surface area contributed by atoms with Crippen molar-refractivity contribution in [2.75, 3.05) is 18.4 Å². The van der Waals surface area contributed by atoms with E-state index < -0.39 is 17.6 Å². The molecule has 1 aromatic carbocycles. The Hall–Kier alpha value is -2.84. The van der Waals surface area contributed by atoms with Crippen molar-refractivity contribution in [1.29, 1.82) is 0 Å². The van der Waals surface area contributed by atoms with Crippen LogP contribution in [-0.4, -0.2) is 29.2 Å². The summed E-state index contributed by atoms with van der Waals surface area (Å²) in [5, 5.41) is 6.47. The standard InChI is InChI=1S/C20H21F4N3O2/c1-11-10-27(19(28)25-18-12(2)13(3)26-29-18)5-4-15(11)6-14-7-16(20(22,23)24)9-17(21)8-14/h6-9,11H,4-5,10H2,1-3H3,(H,25,28)/b15-6+. The van der Waals surface area contributed by atoms with E-state index in [4.69, 9.17) is 4.52 Å². The maximum atomic E-state index is 13.6. The lowest BCUT2D eigenvalue weighted by Crippen LogP contribution is -2.42. The summed E-state index contributed by atoms with van der Waals surface area (Å²) >= 11 is 0. The molecule has 1 aromatic heterocycles. The molecule has 0 radical (unpaired) electrons. The smallest absolute Gasteiger partial charge is 0.338 e. The van der Waals surface area contributed by atoms with Gasteiger partial charge < -0.3 is 9.42 Å². The Morgan fingerprint density at radius 2 is 2.03 bits per heavy atom. The highest BCUT2D eigenvalue weighted by Gasteiger charge is 2.31. The van der Waals surface area contributed by atoms with Crippen LogP contribution in [0, 0.1) is 25.6 Å². The number of amides is 2. The molecule has 1 fully saturated rings. The number of urea groups is 1. The molecule has 1 unspecified atom stereocenters. The third-order valence-electron chi connectivity index (χ3n) is 5.06. The summed E-state index contributed by atoms with van der Waals surface area (Å²) in [5.74, 6) is -0.737. The minimum Gasteiger partial charge on any atom is -0.338 e. The number of anilines is 1. The highest BCUT2D eigenvalue weighted by Crippen LogP contribution is 2.32. The Bertz CT molecular complexity index is 950. The van der Waals surface area contributed by atoms with Crippen molar-refractivity contribution >= 4 is 18.0 Å². The number of aromatic nitrogens is 1. The second-order valence-electron chi connectivity index (χ2n) is 7.24. The molecular weight excluding hydrogens is 390 g/mol. The molecule has 0 bridgehead atoms. The number of rotatable bonds is 2. The average molecular weight is 411 g/mol. The monoisotopic (exact) mass is 411 g/mol. The van der Waals surface area contributed by atoms with E-state index in [-0.39, 0.29) is 17.5 Å². The van der Waals surface area contributed by atoms with Crippen LogP contribution in [0.2, 0.25) is 0 Å². The summed E-state index contributed by atoms with van der Waals surface area (Å²) in [6.45, 7) is 6.19. The summed E-state index contributed by atoms with van der Waals surface area (Å²) in [7, 11) is 0. The van der Waals surface area contributed by atoms with E-state index in [9.17, 15) is 22.4 Å². The Kier molecular flexibility index (Phi) is 5.68. The van der Waals surface area contributed by atoms with Crippen LogP contribution in [0.3, 0.4) is 0 Å². The first kappa shape index (κ1) is 20.9. The van der Waals surface area contributed by atoms with Crippen molar-refractivity contribution < 1.29 is 26.9 Å². The van der Waals surface area contributed by atoms with E-state index in [0.29, 0.717) is 37.2 Å². The molecule has 1 atom stereocenters. The lowest BCUT2D eigenvalue weighted by Gasteiger charge is -2.33. The fraction of sp³-hybridized carbons (Fsp3) is 0.400. The number of halogens is 4.